The standard InChI is InChI=1S/C17H17F3N3O7PS/c18-9-5-23(16(26)22-13(9)21)14-11(24)12(25)17(29-14,15(19)20)7-28-31(32)27-6-8-3-1-2-4-10(8)30-31/h1-5,11-12,14-15,24-25H,6-7H2,(H2,21,22,26). The second kappa shape index (κ2) is 8.37. The first kappa shape index (κ1) is 23.1. The van der Waals surface area contributed by atoms with Gasteiger partial charge in [-0.15, -0.1) is 0 Å². The summed E-state index contributed by atoms with van der Waals surface area (Å²) in [7, 11) is 0. The van der Waals surface area contributed by atoms with E-state index < -0.39 is 61.1 Å². The molecule has 15 heteroatoms. The molecule has 1 saturated heterocycles. The molecule has 1 aromatic heterocycles. The number of para-hydroxylation sites is 1. The summed E-state index contributed by atoms with van der Waals surface area (Å²) >= 11 is 5.21. The van der Waals surface area contributed by atoms with Gasteiger partial charge in [-0.1, -0.05) is 18.2 Å². The molecule has 5 unspecified atom stereocenters. The van der Waals surface area contributed by atoms with Gasteiger partial charge in [-0.05, 0) is 6.07 Å². The van der Waals surface area contributed by atoms with E-state index in [0.29, 0.717) is 22.1 Å². The van der Waals surface area contributed by atoms with Crippen LogP contribution in [-0.2, 0) is 32.2 Å². The molecule has 0 radical (unpaired) electrons. The first-order valence-electron chi connectivity index (χ1n) is 9.09. The molecule has 0 spiro atoms. The maximum atomic E-state index is 14.1. The molecule has 5 atom stereocenters. The van der Waals surface area contributed by atoms with Gasteiger partial charge in [-0.3, -0.25) is 13.6 Å². The number of nitrogen functional groups attached to an aromatic ring is 1. The first-order valence-corrected chi connectivity index (χ1v) is 11.6. The third-order valence-electron chi connectivity index (χ3n) is 5.04. The lowest BCUT2D eigenvalue weighted by Crippen LogP contribution is -2.52. The minimum Gasteiger partial charge on any atom is -0.424 e. The van der Waals surface area contributed by atoms with Gasteiger partial charge in [0.15, 0.2) is 23.5 Å². The summed E-state index contributed by atoms with van der Waals surface area (Å²) in [6, 6.07) is 6.74. The molecular formula is C17H17F3N3O7PS. The normalized spacial score (nSPS) is 32.0. The van der Waals surface area contributed by atoms with Crippen molar-refractivity contribution < 1.29 is 41.7 Å². The predicted molar refractivity (Wildman–Crippen MR) is 106 cm³/mol. The number of aliphatic hydroxyl groups excluding tert-OH is 2. The van der Waals surface area contributed by atoms with Gasteiger partial charge >= 0.3 is 12.4 Å². The number of anilines is 1. The largest absolute Gasteiger partial charge is 0.424 e. The van der Waals surface area contributed by atoms with E-state index in [1.165, 1.54) is 0 Å². The summed E-state index contributed by atoms with van der Waals surface area (Å²) in [5, 5.41) is 20.7. The van der Waals surface area contributed by atoms with E-state index >= 15 is 0 Å². The van der Waals surface area contributed by atoms with E-state index in [-0.39, 0.29) is 6.61 Å². The van der Waals surface area contributed by atoms with Gasteiger partial charge < -0.3 is 25.2 Å². The van der Waals surface area contributed by atoms with Crippen molar-refractivity contribution in [2.24, 2.45) is 0 Å². The number of aromatic nitrogens is 2. The van der Waals surface area contributed by atoms with Crippen LogP contribution in [0.2, 0.25) is 0 Å². The van der Waals surface area contributed by atoms with E-state index in [4.69, 9.17) is 35.8 Å². The lowest BCUT2D eigenvalue weighted by Gasteiger charge is -2.34. The van der Waals surface area contributed by atoms with Crippen molar-refractivity contribution in [2.75, 3.05) is 12.3 Å². The number of benzene rings is 1. The number of nitrogens with two attached hydrogens (primary N) is 1. The lowest BCUT2D eigenvalue weighted by molar-refractivity contribution is -0.193. The maximum Gasteiger partial charge on any atom is 0.381 e. The summed E-state index contributed by atoms with van der Waals surface area (Å²) in [4.78, 5) is 15.2. The van der Waals surface area contributed by atoms with Crippen LogP contribution in [0.1, 0.15) is 11.8 Å². The highest BCUT2D eigenvalue weighted by atomic mass is 32.5. The van der Waals surface area contributed by atoms with Gasteiger partial charge in [0.05, 0.1) is 19.4 Å². The van der Waals surface area contributed by atoms with E-state index in [0.717, 1.165) is 0 Å². The fraction of sp³-hybridized carbons (Fsp3) is 0.412. The zero-order valence-electron chi connectivity index (χ0n) is 16.0. The van der Waals surface area contributed by atoms with Crippen molar-refractivity contribution in [2.45, 2.75) is 37.1 Å². The zero-order chi connectivity index (χ0) is 23.3. The van der Waals surface area contributed by atoms with Gasteiger partial charge in [0.1, 0.15) is 18.0 Å². The molecule has 2 aliphatic rings. The molecule has 1 fully saturated rings. The third-order valence-corrected chi connectivity index (χ3v) is 7.21. The summed E-state index contributed by atoms with van der Waals surface area (Å²) in [6.07, 6.45) is -9.12. The molecule has 0 bridgehead atoms. The van der Waals surface area contributed by atoms with Crippen molar-refractivity contribution in [3.8, 4) is 5.75 Å². The number of alkyl halides is 2. The van der Waals surface area contributed by atoms with Crippen LogP contribution in [0.5, 0.6) is 5.75 Å². The summed E-state index contributed by atoms with van der Waals surface area (Å²) in [5.41, 5.74) is 1.85. The monoisotopic (exact) mass is 495 g/mol. The highest BCUT2D eigenvalue weighted by Gasteiger charge is 2.61. The van der Waals surface area contributed by atoms with E-state index in [9.17, 15) is 28.2 Å². The van der Waals surface area contributed by atoms with Crippen molar-refractivity contribution >= 4 is 24.3 Å². The first-order chi connectivity index (χ1) is 15.1. The molecule has 0 aliphatic carbocycles. The molecule has 3 heterocycles. The number of ether oxygens (including phenoxy) is 1. The number of rotatable bonds is 5. The van der Waals surface area contributed by atoms with Crippen LogP contribution in [-0.4, -0.2) is 50.6 Å². The molecule has 10 nitrogen and oxygen atoms in total. The minimum atomic E-state index is -3.57. The van der Waals surface area contributed by atoms with Crippen molar-refractivity contribution in [1.82, 2.24) is 9.55 Å². The predicted octanol–water partition coefficient (Wildman–Crippen LogP) is 1.07. The Bertz CT molecular complexity index is 1140. The SMILES string of the molecule is Nc1nc(=O)n(C2OC(COP3(=S)OCc4ccccc4O3)(C(F)F)C(O)C2O)cc1F. The van der Waals surface area contributed by atoms with E-state index in [1.54, 1.807) is 24.3 Å². The second-order valence-electron chi connectivity index (χ2n) is 7.06. The smallest absolute Gasteiger partial charge is 0.381 e. The lowest BCUT2D eigenvalue weighted by atomic mass is 9.96. The molecule has 0 amide bonds. The van der Waals surface area contributed by atoms with Crippen LogP contribution in [0.4, 0.5) is 19.0 Å². The number of nitrogens with zero attached hydrogens (tertiary/aromatic N) is 2. The van der Waals surface area contributed by atoms with Crippen LogP contribution >= 0.6 is 6.72 Å². The summed E-state index contributed by atoms with van der Waals surface area (Å²) in [5.74, 6) is -1.53. The van der Waals surface area contributed by atoms with Crippen LogP contribution in [0.25, 0.3) is 0 Å². The highest BCUT2D eigenvalue weighted by molar-refractivity contribution is 8.07. The Morgan fingerprint density at radius 3 is 2.84 bits per heavy atom. The quantitative estimate of drug-likeness (QED) is 0.517. The molecular weight excluding hydrogens is 478 g/mol. The van der Waals surface area contributed by atoms with Gasteiger partial charge in [-0.2, -0.15) is 4.98 Å². The van der Waals surface area contributed by atoms with E-state index in [1.807, 2.05) is 0 Å². The van der Waals surface area contributed by atoms with Crippen molar-refractivity contribution in [3.05, 3.63) is 52.3 Å². The number of halogens is 3. The molecule has 1 aromatic carbocycles. The fourth-order valence-electron chi connectivity index (χ4n) is 3.28. The molecule has 174 valence electrons. The molecule has 2 aliphatic heterocycles. The molecule has 0 saturated carbocycles. The summed E-state index contributed by atoms with van der Waals surface area (Å²) in [6.45, 7) is -4.62. The Balaban J connectivity index is 1.59. The Morgan fingerprint density at radius 1 is 1.41 bits per heavy atom. The van der Waals surface area contributed by atoms with Gasteiger partial charge in [0, 0.05) is 17.4 Å². The van der Waals surface area contributed by atoms with Crippen LogP contribution in [0.15, 0.2) is 35.3 Å². The Hall–Kier alpha value is -2.06. The Labute approximate surface area is 183 Å². The number of hydrogen-bond donors (Lipinski definition) is 3. The number of aliphatic hydroxyl groups is 2. The fourth-order valence-corrected chi connectivity index (χ4v) is 5.10. The van der Waals surface area contributed by atoms with Crippen molar-refractivity contribution in [3.63, 3.8) is 0 Å². The van der Waals surface area contributed by atoms with Gasteiger partial charge in [0.25, 0.3) is 6.43 Å². The zero-order valence-corrected chi connectivity index (χ0v) is 17.7. The summed E-state index contributed by atoms with van der Waals surface area (Å²) < 4.78 is 63.9. The highest BCUT2D eigenvalue weighted by Crippen LogP contribution is 2.56. The number of hydrogen-bond acceptors (Lipinski definition) is 10. The topological polar surface area (TPSA) is 138 Å². The Morgan fingerprint density at radius 2 is 2.12 bits per heavy atom. The minimum absolute atomic E-state index is 0.00949. The Kier molecular flexibility index (Phi) is 6.05. The molecule has 4 rings (SSSR count). The van der Waals surface area contributed by atoms with E-state index in [2.05, 4.69) is 4.98 Å². The number of fused-ring (bicyclic) bond motifs is 1. The third kappa shape index (κ3) is 3.92. The van der Waals surface area contributed by atoms with Gasteiger partial charge in [-0.25, -0.2) is 18.0 Å². The van der Waals surface area contributed by atoms with Crippen LogP contribution < -0.4 is 15.9 Å². The maximum absolute atomic E-state index is 14.1. The molecule has 32 heavy (non-hydrogen) atoms. The average Bonchev–Trinajstić information content (AvgIpc) is 3.01. The average molecular weight is 495 g/mol. The van der Waals surface area contributed by atoms with Crippen LogP contribution in [0, 0.1) is 5.82 Å². The van der Waals surface area contributed by atoms with Gasteiger partial charge in [0.2, 0.25) is 0 Å². The molecule has 2 aromatic rings. The second-order valence-corrected chi connectivity index (χ2v) is 9.99. The van der Waals surface area contributed by atoms with Crippen molar-refractivity contribution in [1.29, 1.82) is 0 Å². The molecule has 4 N–H and O–H groups in total. The van der Waals surface area contributed by atoms with Crippen LogP contribution in [0.3, 0.4) is 0 Å².